The average Bonchev–Trinajstić information content (AvgIpc) is 2.89. The minimum atomic E-state index is 0.629. The van der Waals surface area contributed by atoms with Gasteiger partial charge in [0.1, 0.15) is 5.82 Å². The van der Waals surface area contributed by atoms with E-state index in [1.165, 1.54) is 50.8 Å². The van der Waals surface area contributed by atoms with Gasteiger partial charge in [-0.1, -0.05) is 25.7 Å². The Kier molecular flexibility index (Phi) is 3.01. The number of imidazole rings is 1. The van der Waals surface area contributed by atoms with Crippen LogP contribution in [0.15, 0.2) is 12.1 Å². The number of H-pyrrole nitrogens is 1. The molecule has 2 heterocycles. The Balaban J connectivity index is 1.59. The molecule has 1 N–H and O–H groups in total. The highest BCUT2D eigenvalue weighted by Crippen LogP contribution is 2.45. The Morgan fingerprint density at radius 1 is 1.00 bits per heavy atom. The van der Waals surface area contributed by atoms with Gasteiger partial charge in [-0.2, -0.15) is 0 Å². The summed E-state index contributed by atoms with van der Waals surface area (Å²) in [5.41, 5.74) is 3.04. The van der Waals surface area contributed by atoms with Crippen LogP contribution < -0.4 is 0 Å². The van der Waals surface area contributed by atoms with Crippen LogP contribution in [0.2, 0.25) is 0 Å². The number of fused-ring (bicyclic) bond motifs is 2. The number of hydrogen-bond acceptors (Lipinski definition) is 2. The maximum Gasteiger partial charge on any atom is 0.177 e. The molecule has 2 aromatic heterocycles. The van der Waals surface area contributed by atoms with E-state index in [1.54, 1.807) is 0 Å². The molecule has 0 spiro atoms. The first-order chi connectivity index (χ1) is 9.79. The van der Waals surface area contributed by atoms with Crippen molar-refractivity contribution < 1.29 is 0 Å². The van der Waals surface area contributed by atoms with E-state index in [2.05, 4.69) is 22.1 Å². The summed E-state index contributed by atoms with van der Waals surface area (Å²) in [6, 6.07) is 4.17. The summed E-state index contributed by atoms with van der Waals surface area (Å²) in [4.78, 5) is 12.8. The van der Waals surface area contributed by atoms with E-state index in [-0.39, 0.29) is 0 Å². The quantitative estimate of drug-likeness (QED) is 0.836. The van der Waals surface area contributed by atoms with Crippen molar-refractivity contribution in [3.8, 4) is 0 Å². The zero-order chi connectivity index (χ0) is 13.5. The Hall–Kier alpha value is -1.38. The fourth-order valence-electron chi connectivity index (χ4n) is 4.32. The fourth-order valence-corrected chi connectivity index (χ4v) is 4.32. The molecule has 3 heteroatoms. The lowest BCUT2D eigenvalue weighted by atomic mass is 9.67. The van der Waals surface area contributed by atoms with E-state index in [0.717, 1.165) is 28.7 Å². The molecule has 3 nitrogen and oxygen atoms in total. The molecule has 2 saturated carbocycles. The first kappa shape index (κ1) is 12.4. The minimum absolute atomic E-state index is 0.629. The molecule has 2 aliphatic rings. The number of nitrogens with zero attached hydrogens (tertiary/aromatic N) is 2. The van der Waals surface area contributed by atoms with Gasteiger partial charge in [-0.25, -0.2) is 9.97 Å². The predicted molar refractivity (Wildman–Crippen MR) is 80.7 cm³/mol. The molecule has 2 aliphatic carbocycles. The Morgan fingerprint density at radius 2 is 1.85 bits per heavy atom. The van der Waals surface area contributed by atoms with Crippen molar-refractivity contribution in [1.29, 1.82) is 0 Å². The van der Waals surface area contributed by atoms with Gasteiger partial charge in [0.2, 0.25) is 0 Å². The molecular formula is C17H23N3. The molecule has 2 fully saturated rings. The van der Waals surface area contributed by atoms with E-state index in [0.29, 0.717) is 5.92 Å². The van der Waals surface area contributed by atoms with Crippen LogP contribution in [0.5, 0.6) is 0 Å². The van der Waals surface area contributed by atoms with Crippen LogP contribution in [0, 0.1) is 18.8 Å². The molecule has 0 aliphatic heterocycles. The lowest BCUT2D eigenvalue weighted by Crippen LogP contribution is -2.27. The molecule has 0 aromatic carbocycles. The van der Waals surface area contributed by atoms with Crippen molar-refractivity contribution >= 4 is 11.2 Å². The molecule has 0 bridgehead atoms. The summed E-state index contributed by atoms with van der Waals surface area (Å²) >= 11 is 0. The van der Waals surface area contributed by atoms with Crippen molar-refractivity contribution in [2.24, 2.45) is 11.8 Å². The van der Waals surface area contributed by atoms with Crippen molar-refractivity contribution in [3.63, 3.8) is 0 Å². The summed E-state index contributed by atoms with van der Waals surface area (Å²) in [6.07, 6.45) is 9.85. The molecule has 0 amide bonds. The Labute approximate surface area is 120 Å². The number of hydrogen-bond donors (Lipinski definition) is 1. The SMILES string of the molecule is Cc1ccc2[nH]c(C3CCC4CCCCC4C3)nc2n1. The first-order valence-corrected chi connectivity index (χ1v) is 8.13. The zero-order valence-corrected chi connectivity index (χ0v) is 12.2. The largest absolute Gasteiger partial charge is 0.340 e. The van der Waals surface area contributed by atoms with E-state index in [9.17, 15) is 0 Å². The summed E-state index contributed by atoms with van der Waals surface area (Å²) in [5, 5.41) is 0. The fraction of sp³-hybridized carbons (Fsp3) is 0.647. The molecular weight excluding hydrogens is 246 g/mol. The Morgan fingerprint density at radius 3 is 2.75 bits per heavy atom. The normalized spacial score (nSPS) is 30.4. The van der Waals surface area contributed by atoms with Gasteiger partial charge in [0.25, 0.3) is 0 Å². The molecule has 2 aromatic rings. The summed E-state index contributed by atoms with van der Waals surface area (Å²) in [6.45, 7) is 2.03. The third kappa shape index (κ3) is 2.13. The Bertz CT molecular complexity index is 616. The van der Waals surface area contributed by atoms with Crippen LogP contribution in [0.3, 0.4) is 0 Å². The van der Waals surface area contributed by atoms with Crippen molar-refractivity contribution in [2.45, 2.75) is 57.8 Å². The van der Waals surface area contributed by atoms with Gasteiger partial charge in [-0.05, 0) is 50.2 Å². The second-order valence-corrected chi connectivity index (χ2v) is 6.76. The highest BCUT2D eigenvalue weighted by atomic mass is 15.0. The zero-order valence-electron chi connectivity index (χ0n) is 12.2. The van der Waals surface area contributed by atoms with Gasteiger partial charge < -0.3 is 4.98 Å². The molecule has 3 atom stereocenters. The molecule has 3 unspecified atom stereocenters. The summed E-state index contributed by atoms with van der Waals surface area (Å²) in [5.74, 6) is 3.76. The highest BCUT2D eigenvalue weighted by Gasteiger charge is 2.33. The number of aryl methyl sites for hydroxylation is 1. The second kappa shape index (κ2) is 4.87. The standard InChI is InChI=1S/C17H23N3/c1-11-6-9-15-17(18-11)20-16(19-15)14-8-7-12-4-2-3-5-13(12)10-14/h6,9,12-14H,2-5,7-8,10H2,1H3,(H,18,19,20). The number of nitrogens with one attached hydrogen (secondary N) is 1. The van der Waals surface area contributed by atoms with Gasteiger partial charge in [0, 0.05) is 11.6 Å². The first-order valence-electron chi connectivity index (χ1n) is 8.13. The maximum absolute atomic E-state index is 4.77. The highest BCUT2D eigenvalue weighted by molar-refractivity contribution is 5.70. The van der Waals surface area contributed by atoms with E-state index in [4.69, 9.17) is 4.98 Å². The van der Waals surface area contributed by atoms with Gasteiger partial charge in [0.05, 0.1) is 5.52 Å². The smallest absolute Gasteiger partial charge is 0.177 e. The second-order valence-electron chi connectivity index (χ2n) is 6.76. The van der Waals surface area contributed by atoms with Crippen LogP contribution in [0.1, 0.15) is 62.4 Å². The van der Waals surface area contributed by atoms with E-state index in [1.807, 2.05) is 6.92 Å². The van der Waals surface area contributed by atoms with Crippen molar-refractivity contribution in [3.05, 3.63) is 23.7 Å². The third-order valence-corrected chi connectivity index (χ3v) is 5.43. The number of rotatable bonds is 1. The lowest BCUT2D eigenvalue weighted by Gasteiger charge is -2.38. The van der Waals surface area contributed by atoms with E-state index >= 15 is 0 Å². The van der Waals surface area contributed by atoms with Crippen molar-refractivity contribution in [1.82, 2.24) is 15.0 Å². The number of pyridine rings is 1. The van der Waals surface area contributed by atoms with Crippen LogP contribution in [0.25, 0.3) is 11.2 Å². The summed E-state index contributed by atoms with van der Waals surface area (Å²) < 4.78 is 0. The predicted octanol–water partition coefficient (Wildman–Crippen LogP) is 4.34. The number of aromatic amines is 1. The number of aromatic nitrogens is 3. The van der Waals surface area contributed by atoms with Gasteiger partial charge in [-0.3, -0.25) is 0 Å². The van der Waals surface area contributed by atoms with Crippen LogP contribution >= 0.6 is 0 Å². The molecule has 106 valence electrons. The summed E-state index contributed by atoms with van der Waals surface area (Å²) in [7, 11) is 0. The average molecular weight is 269 g/mol. The lowest BCUT2D eigenvalue weighted by molar-refractivity contribution is 0.153. The molecule has 0 radical (unpaired) electrons. The topological polar surface area (TPSA) is 41.6 Å². The van der Waals surface area contributed by atoms with Gasteiger partial charge >= 0.3 is 0 Å². The minimum Gasteiger partial charge on any atom is -0.340 e. The molecule has 0 saturated heterocycles. The maximum atomic E-state index is 4.77. The molecule has 20 heavy (non-hydrogen) atoms. The van der Waals surface area contributed by atoms with Crippen LogP contribution in [0.4, 0.5) is 0 Å². The van der Waals surface area contributed by atoms with E-state index < -0.39 is 0 Å². The van der Waals surface area contributed by atoms with Crippen LogP contribution in [-0.4, -0.2) is 15.0 Å². The third-order valence-electron chi connectivity index (χ3n) is 5.43. The van der Waals surface area contributed by atoms with Gasteiger partial charge in [-0.15, -0.1) is 0 Å². The van der Waals surface area contributed by atoms with Gasteiger partial charge in [0.15, 0.2) is 5.65 Å². The molecule has 4 rings (SSSR count). The van der Waals surface area contributed by atoms with Crippen molar-refractivity contribution in [2.75, 3.05) is 0 Å². The van der Waals surface area contributed by atoms with Crippen LogP contribution in [-0.2, 0) is 0 Å². The monoisotopic (exact) mass is 269 g/mol.